The van der Waals surface area contributed by atoms with Crippen molar-refractivity contribution < 1.29 is 4.74 Å². The van der Waals surface area contributed by atoms with E-state index in [2.05, 4.69) is 32.4 Å². The maximum Gasteiger partial charge on any atom is 0.134 e. The van der Waals surface area contributed by atoms with Gasteiger partial charge in [0.15, 0.2) is 0 Å². The molecule has 0 unspecified atom stereocenters. The highest BCUT2D eigenvalue weighted by Gasteiger charge is 2.14. The first kappa shape index (κ1) is 15.1. The van der Waals surface area contributed by atoms with Gasteiger partial charge in [-0.15, -0.1) is 6.58 Å². The molecule has 5 nitrogen and oxygen atoms in total. The first-order chi connectivity index (χ1) is 9.85. The number of nitrogens with zero attached hydrogens (tertiary/aromatic N) is 4. The van der Waals surface area contributed by atoms with E-state index in [1.165, 1.54) is 11.5 Å². The van der Waals surface area contributed by atoms with Gasteiger partial charge in [-0.3, -0.25) is 0 Å². The number of anilines is 2. The third kappa shape index (κ3) is 4.11. The van der Waals surface area contributed by atoms with Crippen LogP contribution < -0.4 is 9.80 Å². The van der Waals surface area contributed by atoms with Crippen molar-refractivity contribution in [3.8, 4) is 0 Å². The molecule has 1 aromatic heterocycles. The second-order valence-electron chi connectivity index (χ2n) is 4.56. The highest BCUT2D eigenvalue weighted by molar-refractivity contribution is 7.99. The summed E-state index contributed by atoms with van der Waals surface area (Å²) >= 11 is 2.00. The Bertz CT molecular complexity index is 423. The number of rotatable bonds is 7. The summed E-state index contributed by atoms with van der Waals surface area (Å²) in [5.41, 5.74) is 0. The zero-order valence-corrected chi connectivity index (χ0v) is 12.8. The number of ether oxygens (including phenoxy) is 1. The Hall–Kier alpha value is -1.27. The third-order valence-corrected chi connectivity index (χ3v) is 4.15. The van der Waals surface area contributed by atoms with E-state index in [-0.39, 0.29) is 0 Å². The summed E-state index contributed by atoms with van der Waals surface area (Å²) in [6.45, 7) is 8.15. The van der Waals surface area contributed by atoms with E-state index in [4.69, 9.17) is 4.74 Å². The van der Waals surface area contributed by atoms with Crippen LogP contribution in [0.2, 0.25) is 0 Å². The predicted octanol–water partition coefficient (Wildman–Crippen LogP) is 1.67. The Labute approximate surface area is 125 Å². The Balaban J connectivity index is 2.11. The van der Waals surface area contributed by atoms with Crippen molar-refractivity contribution in [1.82, 2.24) is 9.97 Å². The van der Waals surface area contributed by atoms with Crippen molar-refractivity contribution in [3.05, 3.63) is 25.0 Å². The summed E-state index contributed by atoms with van der Waals surface area (Å²) in [4.78, 5) is 13.3. The minimum atomic E-state index is 0.674. The second-order valence-corrected chi connectivity index (χ2v) is 5.79. The minimum absolute atomic E-state index is 0.674. The van der Waals surface area contributed by atoms with Crippen LogP contribution in [-0.4, -0.2) is 61.4 Å². The molecule has 0 amide bonds. The summed E-state index contributed by atoms with van der Waals surface area (Å²) in [7, 11) is 1.71. The molecule has 0 aromatic carbocycles. The van der Waals surface area contributed by atoms with E-state index in [0.717, 1.165) is 37.8 Å². The lowest BCUT2D eigenvalue weighted by atomic mass is 10.4. The van der Waals surface area contributed by atoms with Crippen molar-refractivity contribution in [2.75, 3.05) is 61.2 Å². The Morgan fingerprint density at radius 1 is 1.45 bits per heavy atom. The van der Waals surface area contributed by atoms with Crippen molar-refractivity contribution in [2.45, 2.75) is 0 Å². The number of thioether (sulfide) groups is 1. The van der Waals surface area contributed by atoms with E-state index < -0.39 is 0 Å². The Morgan fingerprint density at radius 3 is 2.95 bits per heavy atom. The van der Waals surface area contributed by atoms with Crippen LogP contribution in [0.15, 0.2) is 25.0 Å². The molecule has 110 valence electrons. The number of methoxy groups -OCH3 is 1. The smallest absolute Gasteiger partial charge is 0.134 e. The molecule has 1 aliphatic heterocycles. The Kier molecular flexibility index (Phi) is 6.14. The zero-order chi connectivity index (χ0) is 14.2. The normalized spacial score (nSPS) is 15.2. The van der Waals surface area contributed by atoms with Crippen LogP contribution in [0.5, 0.6) is 0 Å². The monoisotopic (exact) mass is 294 g/mol. The van der Waals surface area contributed by atoms with Crippen LogP contribution in [0.1, 0.15) is 0 Å². The molecule has 0 saturated carbocycles. The molecule has 20 heavy (non-hydrogen) atoms. The lowest BCUT2D eigenvalue weighted by Gasteiger charge is -2.28. The zero-order valence-electron chi connectivity index (χ0n) is 12.0. The molecule has 0 bridgehead atoms. The second kappa shape index (κ2) is 8.11. The SMILES string of the molecule is C=CCN(CCOC)c1cc(N2CCSCC2)ncn1. The van der Waals surface area contributed by atoms with Gasteiger partial charge in [-0.05, 0) is 0 Å². The molecule has 2 heterocycles. The maximum atomic E-state index is 5.15. The maximum absolute atomic E-state index is 5.15. The molecule has 1 saturated heterocycles. The van der Waals surface area contributed by atoms with Crippen molar-refractivity contribution in [1.29, 1.82) is 0 Å². The lowest BCUT2D eigenvalue weighted by molar-refractivity contribution is 0.205. The standard InChI is InChI=1S/C14H22N4OS/c1-3-4-17(5-8-19-2)13-11-14(16-12-15-13)18-6-9-20-10-7-18/h3,11-12H,1,4-10H2,2H3. The van der Waals surface area contributed by atoms with Crippen LogP contribution in [0.3, 0.4) is 0 Å². The molecule has 1 fully saturated rings. The van der Waals surface area contributed by atoms with Gasteiger partial charge in [0.05, 0.1) is 6.61 Å². The molecule has 0 aliphatic carbocycles. The van der Waals surface area contributed by atoms with Gasteiger partial charge in [0, 0.05) is 50.9 Å². The van der Waals surface area contributed by atoms with E-state index in [1.54, 1.807) is 13.4 Å². The molecule has 0 N–H and O–H groups in total. The van der Waals surface area contributed by atoms with E-state index in [0.29, 0.717) is 6.61 Å². The summed E-state index contributed by atoms with van der Waals surface area (Å²) in [5, 5.41) is 0. The van der Waals surface area contributed by atoms with E-state index in [1.807, 2.05) is 17.8 Å². The summed E-state index contributed by atoms with van der Waals surface area (Å²) < 4.78 is 5.15. The minimum Gasteiger partial charge on any atom is -0.383 e. The molecular weight excluding hydrogens is 272 g/mol. The first-order valence-electron chi connectivity index (χ1n) is 6.84. The molecular formula is C14H22N4OS. The fourth-order valence-corrected chi connectivity index (χ4v) is 3.04. The van der Waals surface area contributed by atoms with Crippen LogP contribution in [0.4, 0.5) is 11.6 Å². The largest absolute Gasteiger partial charge is 0.383 e. The molecule has 0 radical (unpaired) electrons. The molecule has 6 heteroatoms. The number of hydrogen-bond donors (Lipinski definition) is 0. The van der Waals surface area contributed by atoms with E-state index in [9.17, 15) is 0 Å². The number of hydrogen-bond acceptors (Lipinski definition) is 6. The summed E-state index contributed by atoms with van der Waals surface area (Å²) in [6, 6.07) is 2.06. The van der Waals surface area contributed by atoms with Gasteiger partial charge in [-0.25, -0.2) is 9.97 Å². The molecule has 0 atom stereocenters. The van der Waals surface area contributed by atoms with Gasteiger partial charge < -0.3 is 14.5 Å². The van der Waals surface area contributed by atoms with Gasteiger partial charge in [-0.1, -0.05) is 6.08 Å². The van der Waals surface area contributed by atoms with E-state index >= 15 is 0 Å². The van der Waals surface area contributed by atoms with Crippen LogP contribution in [0, 0.1) is 0 Å². The van der Waals surface area contributed by atoms with Gasteiger partial charge in [0.2, 0.25) is 0 Å². The quantitative estimate of drug-likeness (QED) is 0.713. The fourth-order valence-electron chi connectivity index (χ4n) is 2.13. The summed E-state index contributed by atoms with van der Waals surface area (Å²) in [6.07, 6.45) is 3.53. The topological polar surface area (TPSA) is 41.5 Å². The van der Waals surface area contributed by atoms with Gasteiger partial charge in [0.1, 0.15) is 18.0 Å². The predicted molar refractivity (Wildman–Crippen MR) is 85.9 cm³/mol. The van der Waals surface area contributed by atoms with Crippen LogP contribution >= 0.6 is 11.8 Å². The molecule has 0 spiro atoms. The van der Waals surface area contributed by atoms with Gasteiger partial charge in [0.25, 0.3) is 0 Å². The van der Waals surface area contributed by atoms with Crippen LogP contribution in [0.25, 0.3) is 0 Å². The summed E-state index contributed by atoms with van der Waals surface area (Å²) in [5.74, 6) is 4.28. The number of aromatic nitrogens is 2. The van der Waals surface area contributed by atoms with Gasteiger partial charge >= 0.3 is 0 Å². The molecule has 1 aromatic rings. The van der Waals surface area contributed by atoms with Gasteiger partial charge in [-0.2, -0.15) is 11.8 Å². The lowest BCUT2D eigenvalue weighted by Crippen LogP contribution is -2.34. The first-order valence-corrected chi connectivity index (χ1v) is 8.00. The van der Waals surface area contributed by atoms with Crippen molar-refractivity contribution >= 4 is 23.4 Å². The third-order valence-electron chi connectivity index (χ3n) is 3.21. The Morgan fingerprint density at radius 2 is 2.25 bits per heavy atom. The fraction of sp³-hybridized carbons (Fsp3) is 0.571. The highest BCUT2D eigenvalue weighted by Crippen LogP contribution is 2.20. The van der Waals surface area contributed by atoms with Crippen molar-refractivity contribution in [2.24, 2.45) is 0 Å². The van der Waals surface area contributed by atoms with Crippen molar-refractivity contribution in [3.63, 3.8) is 0 Å². The van der Waals surface area contributed by atoms with Crippen LogP contribution in [-0.2, 0) is 4.74 Å². The molecule has 1 aliphatic rings. The average molecular weight is 294 g/mol. The molecule has 2 rings (SSSR count). The average Bonchev–Trinajstić information content (AvgIpc) is 2.52. The highest BCUT2D eigenvalue weighted by atomic mass is 32.2.